The van der Waals surface area contributed by atoms with E-state index in [1.54, 1.807) is 46.2 Å². The summed E-state index contributed by atoms with van der Waals surface area (Å²) in [6.07, 6.45) is 6.37. The molecule has 0 bridgehead atoms. The van der Waals surface area contributed by atoms with Crippen LogP contribution in [-0.2, 0) is 17.8 Å². The van der Waals surface area contributed by atoms with Gasteiger partial charge in [0.25, 0.3) is 0 Å². The van der Waals surface area contributed by atoms with Crippen molar-refractivity contribution < 1.29 is 14.3 Å². The highest BCUT2D eigenvalue weighted by Gasteiger charge is 2.18. The van der Waals surface area contributed by atoms with E-state index in [1.807, 2.05) is 25.1 Å². The van der Waals surface area contributed by atoms with Crippen molar-refractivity contribution in [2.45, 2.75) is 19.9 Å². The van der Waals surface area contributed by atoms with Gasteiger partial charge in [0, 0.05) is 34.8 Å². The van der Waals surface area contributed by atoms with Crippen molar-refractivity contribution in [1.82, 2.24) is 34.7 Å². The van der Waals surface area contributed by atoms with Crippen molar-refractivity contribution in [2.24, 2.45) is 0 Å². The van der Waals surface area contributed by atoms with Crippen molar-refractivity contribution in [2.75, 3.05) is 11.9 Å². The Morgan fingerprint density at radius 2 is 2.06 bits per heavy atom. The monoisotopic (exact) mass is 486 g/mol. The number of aromatic amines is 1. The van der Waals surface area contributed by atoms with Gasteiger partial charge in [0.2, 0.25) is 5.91 Å². The van der Waals surface area contributed by atoms with Gasteiger partial charge in [-0.25, -0.2) is 14.1 Å². The summed E-state index contributed by atoms with van der Waals surface area (Å²) in [6, 6.07) is 12.1. The number of aliphatic hydroxyl groups excluding tert-OH is 1. The van der Waals surface area contributed by atoms with E-state index < -0.39 is 5.82 Å². The van der Waals surface area contributed by atoms with Crippen molar-refractivity contribution in [3.63, 3.8) is 0 Å². The SMILES string of the molecule is Cc1cccc(-n2nc(CC(=O)Nc3cn[nH]c3)cc2-c2ccc(F)c(-c3cnn(CCO)c3)c2)n1. The molecule has 0 unspecified atom stereocenters. The topological polar surface area (TPSA) is 127 Å². The molecule has 4 aromatic heterocycles. The summed E-state index contributed by atoms with van der Waals surface area (Å²) in [4.78, 5) is 17.2. The first-order valence-electron chi connectivity index (χ1n) is 11.3. The molecule has 0 saturated heterocycles. The summed E-state index contributed by atoms with van der Waals surface area (Å²) in [5.74, 6) is -0.0733. The van der Waals surface area contributed by atoms with Gasteiger partial charge in [-0.15, -0.1) is 0 Å². The van der Waals surface area contributed by atoms with Crippen LogP contribution < -0.4 is 5.32 Å². The van der Waals surface area contributed by atoms with E-state index in [0.717, 1.165) is 5.69 Å². The maximum atomic E-state index is 14.8. The summed E-state index contributed by atoms with van der Waals surface area (Å²) < 4.78 is 18.0. The number of anilines is 1. The summed E-state index contributed by atoms with van der Waals surface area (Å²) >= 11 is 0. The second-order valence-electron chi connectivity index (χ2n) is 8.19. The van der Waals surface area contributed by atoms with E-state index in [-0.39, 0.29) is 18.9 Å². The molecule has 0 aliphatic carbocycles. The highest BCUT2D eigenvalue weighted by molar-refractivity contribution is 5.92. The zero-order valence-electron chi connectivity index (χ0n) is 19.4. The number of benzene rings is 1. The van der Waals surface area contributed by atoms with Crippen LogP contribution in [0.15, 0.2) is 67.3 Å². The Hall–Kier alpha value is -4.64. The van der Waals surface area contributed by atoms with Crippen LogP contribution in [0.5, 0.6) is 0 Å². The fraction of sp³-hybridized carbons (Fsp3) is 0.160. The Morgan fingerprint density at radius 1 is 1.17 bits per heavy atom. The van der Waals surface area contributed by atoms with Crippen LogP contribution in [-0.4, -0.2) is 52.4 Å². The molecule has 10 nitrogen and oxygen atoms in total. The van der Waals surface area contributed by atoms with Crippen LogP contribution in [0.25, 0.3) is 28.2 Å². The summed E-state index contributed by atoms with van der Waals surface area (Å²) in [5.41, 5.74) is 4.19. The van der Waals surface area contributed by atoms with Crippen molar-refractivity contribution in [1.29, 1.82) is 0 Å². The smallest absolute Gasteiger partial charge is 0.230 e. The zero-order valence-corrected chi connectivity index (χ0v) is 19.4. The Labute approximate surface area is 205 Å². The summed E-state index contributed by atoms with van der Waals surface area (Å²) in [7, 11) is 0. The molecule has 0 fully saturated rings. The number of hydrogen-bond donors (Lipinski definition) is 3. The number of aromatic nitrogens is 7. The molecule has 182 valence electrons. The van der Waals surface area contributed by atoms with Crippen LogP contribution in [0, 0.1) is 12.7 Å². The van der Waals surface area contributed by atoms with Gasteiger partial charge in [0.05, 0.1) is 49.0 Å². The van der Waals surface area contributed by atoms with Gasteiger partial charge in [-0.1, -0.05) is 6.07 Å². The van der Waals surface area contributed by atoms with Crippen molar-refractivity contribution in [3.8, 4) is 28.2 Å². The van der Waals surface area contributed by atoms with E-state index in [4.69, 9.17) is 5.11 Å². The van der Waals surface area contributed by atoms with Crippen LogP contribution >= 0.6 is 0 Å². The quantitative estimate of drug-likeness (QED) is 0.309. The molecule has 4 heterocycles. The molecule has 5 rings (SSSR count). The predicted molar refractivity (Wildman–Crippen MR) is 131 cm³/mol. The maximum absolute atomic E-state index is 14.8. The van der Waals surface area contributed by atoms with E-state index >= 15 is 0 Å². The van der Waals surface area contributed by atoms with E-state index in [2.05, 4.69) is 30.7 Å². The standard InChI is InChI=1S/C25H23FN8O2/c1-16-3-2-4-24(30-16)34-23(10-19(32-34)11-25(36)31-20-13-27-28-14-20)17-5-6-22(26)21(9-17)18-12-29-33(15-18)7-8-35/h2-6,9-10,12-15,35H,7-8,11H2,1H3,(H,27,28)(H,31,36). The minimum Gasteiger partial charge on any atom is -0.394 e. The lowest BCUT2D eigenvalue weighted by molar-refractivity contribution is -0.115. The largest absolute Gasteiger partial charge is 0.394 e. The average molecular weight is 487 g/mol. The number of amides is 1. The maximum Gasteiger partial charge on any atom is 0.230 e. The molecule has 1 amide bonds. The fourth-order valence-electron chi connectivity index (χ4n) is 3.87. The Morgan fingerprint density at radius 3 is 2.83 bits per heavy atom. The number of nitrogens with one attached hydrogen (secondary N) is 2. The van der Waals surface area contributed by atoms with Gasteiger partial charge < -0.3 is 10.4 Å². The minimum absolute atomic E-state index is 0.0268. The lowest BCUT2D eigenvalue weighted by Crippen LogP contribution is -2.14. The molecular formula is C25H23FN8O2. The number of carbonyl (C=O) groups is 1. The second kappa shape index (κ2) is 9.92. The number of H-pyrrole nitrogens is 1. The lowest BCUT2D eigenvalue weighted by atomic mass is 10.0. The zero-order chi connectivity index (χ0) is 25.1. The third-order valence-electron chi connectivity index (χ3n) is 5.51. The van der Waals surface area contributed by atoms with E-state index in [0.29, 0.717) is 46.1 Å². The first-order chi connectivity index (χ1) is 17.5. The van der Waals surface area contributed by atoms with Crippen LogP contribution in [0.2, 0.25) is 0 Å². The van der Waals surface area contributed by atoms with Crippen LogP contribution in [0.3, 0.4) is 0 Å². The first-order valence-corrected chi connectivity index (χ1v) is 11.3. The minimum atomic E-state index is -0.401. The third kappa shape index (κ3) is 4.91. The van der Waals surface area contributed by atoms with Crippen LogP contribution in [0.1, 0.15) is 11.4 Å². The Bertz CT molecular complexity index is 1510. The molecule has 5 aromatic rings. The number of halogens is 1. The van der Waals surface area contributed by atoms with Gasteiger partial charge in [-0.05, 0) is 43.3 Å². The number of aryl methyl sites for hydroxylation is 1. The molecule has 0 radical (unpaired) electrons. The molecule has 0 aliphatic heterocycles. The average Bonchev–Trinajstić information content (AvgIpc) is 3.62. The second-order valence-corrected chi connectivity index (χ2v) is 8.19. The highest BCUT2D eigenvalue weighted by atomic mass is 19.1. The van der Waals surface area contributed by atoms with Crippen molar-refractivity contribution >= 4 is 11.6 Å². The molecule has 36 heavy (non-hydrogen) atoms. The van der Waals surface area contributed by atoms with Crippen LogP contribution in [0.4, 0.5) is 10.1 Å². The van der Waals surface area contributed by atoms with Gasteiger partial charge >= 0.3 is 0 Å². The lowest BCUT2D eigenvalue weighted by Gasteiger charge is -2.09. The van der Waals surface area contributed by atoms with E-state index in [1.165, 1.54) is 12.3 Å². The number of pyridine rings is 1. The Balaban J connectivity index is 1.54. The van der Waals surface area contributed by atoms with Gasteiger partial charge in [-0.3, -0.25) is 14.6 Å². The number of aliphatic hydroxyl groups is 1. The van der Waals surface area contributed by atoms with Gasteiger partial charge in [0.15, 0.2) is 5.82 Å². The predicted octanol–water partition coefficient (Wildman–Crippen LogP) is 3.14. The normalized spacial score (nSPS) is 11.1. The van der Waals surface area contributed by atoms with Gasteiger partial charge in [0.1, 0.15) is 5.82 Å². The molecule has 0 spiro atoms. The molecule has 11 heteroatoms. The van der Waals surface area contributed by atoms with Crippen molar-refractivity contribution in [3.05, 3.63) is 84.5 Å². The number of hydrogen-bond acceptors (Lipinski definition) is 6. The highest BCUT2D eigenvalue weighted by Crippen LogP contribution is 2.30. The summed E-state index contributed by atoms with van der Waals surface area (Å²) in [6.45, 7) is 2.13. The third-order valence-corrected chi connectivity index (χ3v) is 5.51. The van der Waals surface area contributed by atoms with E-state index in [9.17, 15) is 9.18 Å². The number of rotatable bonds is 8. The fourth-order valence-corrected chi connectivity index (χ4v) is 3.87. The van der Waals surface area contributed by atoms with Gasteiger partial charge in [-0.2, -0.15) is 15.3 Å². The Kier molecular flexibility index (Phi) is 6.37. The molecule has 0 saturated carbocycles. The molecule has 0 aliphatic rings. The molecule has 0 atom stereocenters. The molecule has 1 aromatic carbocycles. The molecule has 3 N–H and O–H groups in total. The number of carbonyl (C=O) groups excluding carboxylic acids is 1. The summed E-state index contributed by atoms with van der Waals surface area (Å²) in [5, 5.41) is 27.2. The first kappa shape index (κ1) is 23.1. The molecular weight excluding hydrogens is 463 g/mol. The number of nitrogens with zero attached hydrogens (tertiary/aromatic N) is 6.